The van der Waals surface area contributed by atoms with Crippen molar-refractivity contribution in [2.24, 2.45) is 0 Å². The number of amides is 1. The summed E-state index contributed by atoms with van der Waals surface area (Å²) in [6, 6.07) is 1.88. The molecule has 1 atom stereocenters. The molecule has 5 nitrogen and oxygen atoms in total. The first-order valence-corrected chi connectivity index (χ1v) is 6.46. The Morgan fingerprint density at radius 2 is 2.17 bits per heavy atom. The van der Waals surface area contributed by atoms with Gasteiger partial charge in [-0.2, -0.15) is 5.10 Å². The predicted octanol–water partition coefficient (Wildman–Crippen LogP) is 2.80. The lowest BCUT2D eigenvalue weighted by Crippen LogP contribution is -2.44. The van der Waals surface area contributed by atoms with E-state index in [0.717, 1.165) is 25.8 Å². The molecule has 0 aliphatic carbocycles. The fourth-order valence-electron chi connectivity index (χ4n) is 2.18. The van der Waals surface area contributed by atoms with Crippen LogP contribution >= 0.6 is 0 Å². The van der Waals surface area contributed by atoms with Crippen LogP contribution in [-0.2, 0) is 4.74 Å². The molecule has 18 heavy (non-hydrogen) atoms. The van der Waals surface area contributed by atoms with Crippen LogP contribution < -0.4 is 0 Å². The number of nitrogens with zero attached hydrogens (tertiary/aromatic N) is 3. The summed E-state index contributed by atoms with van der Waals surface area (Å²) in [4.78, 5) is 14.0. The van der Waals surface area contributed by atoms with Crippen LogP contribution in [0.1, 0.15) is 46.2 Å². The van der Waals surface area contributed by atoms with E-state index in [9.17, 15) is 4.79 Å². The second-order valence-electron chi connectivity index (χ2n) is 5.64. The van der Waals surface area contributed by atoms with Crippen LogP contribution in [-0.4, -0.2) is 32.9 Å². The zero-order valence-corrected chi connectivity index (χ0v) is 11.3. The standard InChI is InChI=1S/C13H21N3O2/c1-13(2,3)18-12(17)15-9-5-4-7-11(15)16-10-6-8-14-16/h6,8,10-11H,4-5,7,9H2,1-3H3. The van der Waals surface area contributed by atoms with Crippen molar-refractivity contribution in [1.29, 1.82) is 0 Å². The van der Waals surface area contributed by atoms with Crippen molar-refractivity contribution in [2.45, 2.75) is 51.8 Å². The lowest BCUT2D eigenvalue weighted by molar-refractivity contribution is -0.00344. The fraction of sp³-hybridized carbons (Fsp3) is 0.692. The molecular formula is C13H21N3O2. The molecule has 0 N–H and O–H groups in total. The minimum atomic E-state index is -0.455. The third-order valence-electron chi connectivity index (χ3n) is 2.93. The number of carbonyl (C=O) groups excluding carboxylic acids is 1. The van der Waals surface area contributed by atoms with Crippen molar-refractivity contribution in [3.8, 4) is 0 Å². The summed E-state index contributed by atoms with van der Waals surface area (Å²) >= 11 is 0. The summed E-state index contributed by atoms with van der Waals surface area (Å²) in [7, 11) is 0. The topological polar surface area (TPSA) is 47.4 Å². The van der Waals surface area contributed by atoms with Gasteiger partial charge in [0.05, 0.1) is 0 Å². The maximum Gasteiger partial charge on any atom is 0.411 e. The van der Waals surface area contributed by atoms with Crippen molar-refractivity contribution in [3.63, 3.8) is 0 Å². The molecule has 1 saturated heterocycles. The van der Waals surface area contributed by atoms with Gasteiger partial charge in [-0.25, -0.2) is 9.48 Å². The SMILES string of the molecule is CC(C)(C)OC(=O)N1CCCCC1n1cccn1. The van der Waals surface area contributed by atoms with Gasteiger partial charge in [0.1, 0.15) is 11.8 Å². The van der Waals surface area contributed by atoms with E-state index in [1.807, 2.05) is 37.7 Å². The first kappa shape index (κ1) is 12.9. The van der Waals surface area contributed by atoms with Gasteiger partial charge in [0, 0.05) is 18.9 Å². The summed E-state index contributed by atoms with van der Waals surface area (Å²) in [6.45, 7) is 6.40. The molecule has 2 rings (SSSR count). The van der Waals surface area contributed by atoms with Crippen LogP contribution in [0.15, 0.2) is 18.5 Å². The van der Waals surface area contributed by atoms with E-state index in [2.05, 4.69) is 5.10 Å². The number of ether oxygens (including phenoxy) is 1. The van der Waals surface area contributed by atoms with Gasteiger partial charge in [0.15, 0.2) is 0 Å². The molecule has 1 aromatic rings. The molecule has 5 heteroatoms. The molecule has 1 unspecified atom stereocenters. The van der Waals surface area contributed by atoms with Crippen LogP contribution in [0.3, 0.4) is 0 Å². The van der Waals surface area contributed by atoms with Crippen LogP contribution in [0.25, 0.3) is 0 Å². The van der Waals surface area contributed by atoms with Crippen molar-refractivity contribution >= 4 is 6.09 Å². The van der Waals surface area contributed by atoms with E-state index >= 15 is 0 Å². The van der Waals surface area contributed by atoms with Gasteiger partial charge in [-0.15, -0.1) is 0 Å². The second-order valence-corrected chi connectivity index (χ2v) is 5.64. The first-order valence-electron chi connectivity index (χ1n) is 6.46. The maximum atomic E-state index is 12.2. The number of aromatic nitrogens is 2. The molecule has 1 fully saturated rings. The molecule has 1 aliphatic heterocycles. The zero-order chi connectivity index (χ0) is 13.2. The van der Waals surface area contributed by atoms with Gasteiger partial charge < -0.3 is 4.74 Å². The highest BCUT2D eigenvalue weighted by molar-refractivity contribution is 5.68. The Balaban J connectivity index is 2.11. The summed E-state index contributed by atoms with van der Waals surface area (Å²) in [5.41, 5.74) is -0.455. The normalized spacial score (nSPS) is 20.8. The van der Waals surface area contributed by atoms with E-state index in [1.165, 1.54) is 0 Å². The number of hydrogen-bond donors (Lipinski definition) is 0. The van der Waals surface area contributed by atoms with Gasteiger partial charge in [-0.3, -0.25) is 4.90 Å². The molecule has 0 saturated carbocycles. The summed E-state index contributed by atoms with van der Waals surface area (Å²) in [5, 5.41) is 4.24. The summed E-state index contributed by atoms with van der Waals surface area (Å²) in [5.74, 6) is 0. The zero-order valence-electron chi connectivity index (χ0n) is 11.3. The van der Waals surface area contributed by atoms with E-state index in [1.54, 1.807) is 11.1 Å². The van der Waals surface area contributed by atoms with Crippen molar-refractivity contribution in [2.75, 3.05) is 6.54 Å². The van der Waals surface area contributed by atoms with Crippen molar-refractivity contribution in [1.82, 2.24) is 14.7 Å². The Kier molecular flexibility index (Phi) is 3.59. The van der Waals surface area contributed by atoms with Gasteiger partial charge >= 0.3 is 6.09 Å². The van der Waals surface area contributed by atoms with Crippen molar-refractivity contribution < 1.29 is 9.53 Å². The number of carbonyl (C=O) groups is 1. The summed E-state index contributed by atoms with van der Waals surface area (Å²) in [6.07, 6.45) is 6.45. The van der Waals surface area contributed by atoms with E-state index in [-0.39, 0.29) is 12.3 Å². The Bertz CT molecular complexity index is 395. The molecular weight excluding hydrogens is 230 g/mol. The largest absolute Gasteiger partial charge is 0.444 e. The molecule has 0 bridgehead atoms. The maximum absolute atomic E-state index is 12.2. The van der Waals surface area contributed by atoms with Gasteiger partial charge in [0.2, 0.25) is 0 Å². The van der Waals surface area contributed by atoms with Crippen molar-refractivity contribution in [3.05, 3.63) is 18.5 Å². The Morgan fingerprint density at radius 1 is 1.39 bits per heavy atom. The lowest BCUT2D eigenvalue weighted by Gasteiger charge is -2.36. The highest BCUT2D eigenvalue weighted by atomic mass is 16.6. The Labute approximate surface area is 108 Å². The molecule has 0 spiro atoms. The number of hydrogen-bond acceptors (Lipinski definition) is 3. The minimum absolute atomic E-state index is 0.0106. The molecule has 2 heterocycles. The summed E-state index contributed by atoms with van der Waals surface area (Å²) < 4.78 is 7.29. The van der Waals surface area contributed by atoms with Crippen LogP contribution in [0, 0.1) is 0 Å². The lowest BCUT2D eigenvalue weighted by atomic mass is 10.1. The average molecular weight is 251 g/mol. The first-order chi connectivity index (χ1) is 8.47. The number of piperidine rings is 1. The number of rotatable bonds is 1. The van der Waals surface area contributed by atoms with Crippen LogP contribution in [0.5, 0.6) is 0 Å². The van der Waals surface area contributed by atoms with E-state index < -0.39 is 5.60 Å². The van der Waals surface area contributed by atoms with Gasteiger partial charge in [0.25, 0.3) is 0 Å². The molecule has 100 valence electrons. The van der Waals surface area contributed by atoms with E-state index in [0.29, 0.717) is 0 Å². The minimum Gasteiger partial charge on any atom is -0.444 e. The monoisotopic (exact) mass is 251 g/mol. The van der Waals surface area contributed by atoms with Gasteiger partial charge in [-0.05, 0) is 46.1 Å². The average Bonchev–Trinajstić information content (AvgIpc) is 2.80. The quantitative estimate of drug-likeness (QED) is 0.771. The Morgan fingerprint density at radius 3 is 2.78 bits per heavy atom. The van der Waals surface area contributed by atoms with Gasteiger partial charge in [-0.1, -0.05) is 0 Å². The molecule has 1 aliphatic rings. The fourth-order valence-corrected chi connectivity index (χ4v) is 2.18. The van der Waals surface area contributed by atoms with Crippen LogP contribution in [0.4, 0.5) is 4.79 Å². The number of likely N-dealkylation sites (tertiary alicyclic amines) is 1. The predicted molar refractivity (Wildman–Crippen MR) is 68.1 cm³/mol. The smallest absolute Gasteiger partial charge is 0.411 e. The molecule has 1 aromatic heterocycles. The highest BCUT2D eigenvalue weighted by Gasteiger charge is 2.31. The molecule has 0 radical (unpaired) electrons. The third kappa shape index (κ3) is 3.03. The van der Waals surface area contributed by atoms with Crippen LogP contribution in [0.2, 0.25) is 0 Å². The van der Waals surface area contributed by atoms with E-state index in [4.69, 9.17) is 4.74 Å². The molecule has 0 aromatic carbocycles. The third-order valence-corrected chi connectivity index (χ3v) is 2.93. The second kappa shape index (κ2) is 5.00. The Hall–Kier alpha value is -1.52. The highest BCUT2D eigenvalue weighted by Crippen LogP contribution is 2.27. The molecule has 1 amide bonds.